The lowest BCUT2D eigenvalue weighted by Gasteiger charge is -2.18. The monoisotopic (exact) mass is 368 g/mol. The number of thiophene rings is 1. The summed E-state index contributed by atoms with van der Waals surface area (Å²) in [5.74, 6) is 0.0535. The van der Waals surface area contributed by atoms with Gasteiger partial charge in [0.25, 0.3) is 0 Å². The van der Waals surface area contributed by atoms with Crippen molar-refractivity contribution in [2.75, 3.05) is 0 Å². The zero-order valence-corrected chi connectivity index (χ0v) is 16.0. The molecule has 5 nitrogen and oxygen atoms in total. The summed E-state index contributed by atoms with van der Waals surface area (Å²) in [4.78, 5) is 16.8. The van der Waals surface area contributed by atoms with Crippen LogP contribution in [0.1, 0.15) is 41.8 Å². The third kappa shape index (κ3) is 4.79. The summed E-state index contributed by atoms with van der Waals surface area (Å²) in [6.07, 6.45) is 7.54. The van der Waals surface area contributed by atoms with Crippen molar-refractivity contribution in [1.82, 2.24) is 20.1 Å². The van der Waals surface area contributed by atoms with E-state index in [4.69, 9.17) is 0 Å². The summed E-state index contributed by atoms with van der Waals surface area (Å²) < 4.78 is 1.91. The van der Waals surface area contributed by atoms with E-state index in [0.29, 0.717) is 12.8 Å². The third-order valence-corrected chi connectivity index (χ3v) is 5.17. The number of aryl methyl sites for hydroxylation is 3. The summed E-state index contributed by atoms with van der Waals surface area (Å²) >= 11 is 1.67. The molecule has 136 valence electrons. The van der Waals surface area contributed by atoms with Gasteiger partial charge in [0.2, 0.25) is 5.91 Å². The maximum absolute atomic E-state index is 12.6. The quantitative estimate of drug-likeness (QED) is 0.659. The predicted molar refractivity (Wildman–Crippen MR) is 104 cm³/mol. The van der Waals surface area contributed by atoms with Gasteiger partial charge in [-0.2, -0.15) is 16.4 Å². The van der Waals surface area contributed by atoms with Crippen LogP contribution >= 0.6 is 11.3 Å². The highest BCUT2D eigenvalue weighted by Crippen LogP contribution is 2.20. The Balaban J connectivity index is 1.64. The van der Waals surface area contributed by atoms with Crippen molar-refractivity contribution in [3.63, 3.8) is 0 Å². The van der Waals surface area contributed by atoms with Crippen LogP contribution in [0.5, 0.6) is 0 Å². The van der Waals surface area contributed by atoms with E-state index in [0.717, 1.165) is 29.8 Å². The van der Waals surface area contributed by atoms with Crippen LogP contribution in [-0.4, -0.2) is 20.7 Å². The van der Waals surface area contributed by atoms with E-state index in [-0.39, 0.29) is 11.9 Å². The molecule has 3 rings (SSSR count). The van der Waals surface area contributed by atoms with Gasteiger partial charge in [-0.05, 0) is 66.3 Å². The molecule has 1 unspecified atom stereocenters. The Hall–Kier alpha value is -2.47. The maximum Gasteiger partial charge on any atom is 0.220 e. The maximum atomic E-state index is 12.6. The van der Waals surface area contributed by atoms with E-state index in [1.54, 1.807) is 17.5 Å². The molecule has 0 aliphatic carbocycles. The Morgan fingerprint density at radius 2 is 2.27 bits per heavy atom. The second kappa shape index (κ2) is 8.76. The number of pyridine rings is 1. The fraction of sp³-hybridized carbons (Fsp3) is 0.350. The summed E-state index contributed by atoms with van der Waals surface area (Å²) in [5.41, 5.74) is 4.39. The number of amides is 1. The van der Waals surface area contributed by atoms with Crippen molar-refractivity contribution in [3.8, 4) is 0 Å². The van der Waals surface area contributed by atoms with Gasteiger partial charge >= 0.3 is 0 Å². The van der Waals surface area contributed by atoms with Gasteiger partial charge in [0.1, 0.15) is 0 Å². The lowest BCUT2D eigenvalue weighted by Crippen LogP contribution is -2.30. The number of carbonyl (C=O) groups is 1. The molecule has 0 saturated carbocycles. The molecule has 1 N–H and O–H groups in total. The second-order valence-electron chi connectivity index (χ2n) is 6.34. The van der Waals surface area contributed by atoms with Crippen LogP contribution in [-0.2, 0) is 24.2 Å². The number of aromatic nitrogens is 3. The first-order chi connectivity index (χ1) is 12.7. The molecular formula is C20H24N4OS. The summed E-state index contributed by atoms with van der Waals surface area (Å²) in [6.45, 7) is 4.90. The van der Waals surface area contributed by atoms with Gasteiger partial charge in [0.05, 0.1) is 11.7 Å². The van der Waals surface area contributed by atoms with E-state index in [2.05, 4.69) is 39.1 Å². The van der Waals surface area contributed by atoms with Gasteiger partial charge in [-0.3, -0.25) is 14.5 Å². The van der Waals surface area contributed by atoms with Gasteiger partial charge in [0.15, 0.2) is 0 Å². The number of rotatable bonds is 8. The van der Waals surface area contributed by atoms with E-state index >= 15 is 0 Å². The van der Waals surface area contributed by atoms with Crippen molar-refractivity contribution < 1.29 is 4.79 Å². The van der Waals surface area contributed by atoms with Crippen LogP contribution in [0.3, 0.4) is 0 Å². The Kier molecular flexibility index (Phi) is 6.17. The lowest BCUT2D eigenvalue weighted by molar-refractivity contribution is -0.121. The molecule has 0 spiro atoms. The molecule has 0 bridgehead atoms. The molecule has 1 amide bonds. The molecule has 0 aliphatic rings. The van der Waals surface area contributed by atoms with Crippen LogP contribution in [0.25, 0.3) is 0 Å². The molecule has 0 aliphatic heterocycles. The third-order valence-electron chi connectivity index (χ3n) is 4.44. The molecular weight excluding hydrogens is 344 g/mol. The van der Waals surface area contributed by atoms with Gasteiger partial charge < -0.3 is 5.32 Å². The zero-order chi connectivity index (χ0) is 18.4. The van der Waals surface area contributed by atoms with Crippen molar-refractivity contribution >= 4 is 17.2 Å². The minimum absolute atomic E-state index is 0.0535. The van der Waals surface area contributed by atoms with Gasteiger partial charge in [-0.25, -0.2) is 0 Å². The van der Waals surface area contributed by atoms with Crippen LogP contribution in [0.4, 0.5) is 0 Å². The summed E-state index contributed by atoms with van der Waals surface area (Å²) in [6, 6.07) is 5.96. The van der Waals surface area contributed by atoms with Crippen molar-refractivity contribution in [1.29, 1.82) is 0 Å². The Morgan fingerprint density at radius 1 is 1.38 bits per heavy atom. The normalized spacial score (nSPS) is 12.1. The molecule has 0 aromatic carbocycles. The molecule has 6 heteroatoms. The largest absolute Gasteiger partial charge is 0.349 e. The van der Waals surface area contributed by atoms with E-state index in [1.165, 1.54) is 5.56 Å². The SMILES string of the molecule is CCn1cc(CCC(=O)NC(Cc2ccsc2)c2cccnc2)c(C)n1. The smallest absolute Gasteiger partial charge is 0.220 e. The Morgan fingerprint density at radius 3 is 2.92 bits per heavy atom. The Labute approximate surface area is 158 Å². The molecule has 3 heterocycles. The average molecular weight is 369 g/mol. The van der Waals surface area contributed by atoms with Crippen LogP contribution in [0.2, 0.25) is 0 Å². The highest BCUT2D eigenvalue weighted by molar-refractivity contribution is 7.07. The number of nitrogens with zero attached hydrogens (tertiary/aromatic N) is 3. The highest BCUT2D eigenvalue weighted by atomic mass is 32.1. The van der Waals surface area contributed by atoms with Crippen LogP contribution in [0.15, 0.2) is 47.5 Å². The average Bonchev–Trinajstić information content (AvgIpc) is 3.29. The lowest BCUT2D eigenvalue weighted by atomic mass is 10.0. The van der Waals surface area contributed by atoms with Gasteiger partial charge in [-0.1, -0.05) is 6.07 Å². The number of carbonyl (C=O) groups excluding carboxylic acids is 1. The fourth-order valence-corrected chi connectivity index (χ4v) is 3.64. The van der Waals surface area contributed by atoms with Crippen molar-refractivity contribution in [3.05, 3.63) is 69.9 Å². The number of hydrogen-bond donors (Lipinski definition) is 1. The molecule has 3 aromatic heterocycles. The highest BCUT2D eigenvalue weighted by Gasteiger charge is 2.16. The molecule has 26 heavy (non-hydrogen) atoms. The molecule has 1 atom stereocenters. The number of hydrogen-bond acceptors (Lipinski definition) is 4. The van der Waals surface area contributed by atoms with Gasteiger partial charge in [-0.15, -0.1) is 0 Å². The first-order valence-electron chi connectivity index (χ1n) is 8.89. The van der Waals surface area contributed by atoms with Crippen LogP contribution in [0, 0.1) is 6.92 Å². The minimum Gasteiger partial charge on any atom is -0.349 e. The minimum atomic E-state index is -0.0646. The fourth-order valence-electron chi connectivity index (χ4n) is 2.96. The topological polar surface area (TPSA) is 59.8 Å². The first kappa shape index (κ1) is 18.3. The van der Waals surface area contributed by atoms with E-state index in [1.807, 2.05) is 36.1 Å². The summed E-state index contributed by atoms with van der Waals surface area (Å²) in [5, 5.41) is 11.8. The van der Waals surface area contributed by atoms with Crippen LogP contribution < -0.4 is 5.32 Å². The van der Waals surface area contributed by atoms with E-state index < -0.39 is 0 Å². The molecule has 0 saturated heterocycles. The van der Waals surface area contributed by atoms with Crippen molar-refractivity contribution in [2.45, 2.75) is 45.7 Å². The standard InChI is InChI=1S/C20H24N4OS/c1-3-24-13-18(15(2)23-24)6-7-20(25)22-19(11-16-8-10-26-14-16)17-5-4-9-21-12-17/h4-5,8-10,12-14,19H,3,6-7,11H2,1-2H3,(H,22,25). The van der Waals surface area contributed by atoms with E-state index in [9.17, 15) is 4.79 Å². The molecule has 0 radical (unpaired) electrons. The second-order valence-corrected chi connectivity index (χ2v) is 7.12. The van der Waals surface area contributed by atoms with Crippen molar-refractivity contribution in [2.24, 2.45) is 0 Å². The Bertz CT molecular complexity index is 827. The number of nitrogens with one attached hydrogen (secondary N) is 1. The molecule has 0 fully saturated rings. The first-order valence-corrected chi connectivity index (χ1v) is 9.83. The molecule has 3 aromatic rings. The predicted octanol–water partition coefficient (Wildman–Crippen LogP) is 3.70. The van der Waals surface area contributed by atoms with Gasteiger partial charge in [0, 0.05) is 31.6 Å². The summed E-state index contributed by atoms with van der Waals surface area (Å²) in [7, 11) is 0. The zero-order valence-electron chi connectivity index (χ0n) is 15.2.